The molecule has 0 aliphatic rings. The largest absolute Gasteiger partial charge is 0.598 e. The van der Waals surface area contributed by atoms with Gasteiger partial charge in [0.2, 0.25) is 0 Å². The molecule has 0 N–H and O–H groups in total. The molecule has 0 aromatic heterocycles. The molecule has 0 saturated carbocycles. The molecule has 6 heteroatoms. The number of rotatable bonds is 0. The highest BCUT2D eigenvalue weighted by molar-refractivity contribution is 7.73. The fraction of sp³-hybridized carbons (Fsp3) is 1.00. The highest BCUT2D eigenvalue weighted by Gasteiger charge is 2.03. The van der Waals surface area contributed by atoms with Crippen molar-refractivity contribution < 1.29 is 14.4 Å². The molecule has 0 fully saturated rings. The van der Waals surface area contributed by atoms with Gasteiger partial charge in [-0.05, 0) is 0 Å². The van der Waals surface area contributed by atoms with Crippen LogP contribution in [0.3, 0.4) is 0 Å². The average Bonchev–Trinajstić information content (AvgIpc) is 1.45. The van der Waals surface area contributed by atoms with E-state index in [4.69, 9.17) is 14.4 Å². The lowest BCUT2D eigenvalue weighted by atomic mass is 11.8. The van der Waals surface area contributed by atoms with Gasteiger partial charge in [0.1, 0.15) is 0 Å². The predicted molar refractivity (Wildman–Crippen MR) is 68.8 cm³/mol. The zero-order valence-electron chi connectivity index (χ0n) is 10.6. The molecule has 0 saturated heterocycles. The number of hydrogen-bond acceptors (Lipinski definition) is 3. The first kappa shape index (κ1) is 20.3. The maximum absolute atomic E-state index is 8.48. The van der Waals surface area contributed by atoms with Gasteiger partial charge >= 0.3 is 0 Å². The van der Waals surface area contributed by atoms with Crippen molar-refractivity contribution in [3.63, 3.8) is 0 Å². The third-order valence-corrected chi connectivity index (χ3v) is 0. The Morgan fingerprint density at radius 3 is 0.714 bits per heavy atom. The Morgan fingerprint density at radius 2 is 0.714 bits per heavy atom. The molecule has 0 amide bonds. The van der Waals surface area contributed by atoms with E-state index >= 15 is 0 Å². The van der Waals surface area contributed by atoms with Crippen molar-refractivity contribution in [1.82, 2.24) is 0 Å². The molecule has 14 heavy (non-hydrogen) atoms. The van der Waals surface area contributed by atoms with Gasteiger partial charge in [-0.3, -0.25) is 0 Å². The minimum absolute atomic E-state index is 0.389. The second-order valence-electron chi connectivity index (χ2n) is 5.59. The molecule has 0 aromatic carbocycles. The fourth-order valence-corrected chi connectivity index (χ4v) is 0. The molecule has 0 unspecified atom stereocenters. The van der Waals surface area contributed by atoms with Gasteiger partial charge in [-0.15, -0.1) is 0 Å². The lowest BCUT2D eigenvalue weighted by Crippen LogP contribution is -1.97. The van der Waals surface area contributed by atoms with Gasteiger partial charge in [-0.25, -0.2) is 0 Å². The molecule has 0 aromatic rings. The fourth-order valence-electron chi connectivity index (χ4n) is 0. The van der Waals surface area contributed by atoms with E-state index in [-0.39, 0.29) is 14.5 Å². The zero-order chi connectivity index (χ0) is 12.6. The van der Waals surface area contributed by atoms with Crippen molar-refractivity contribution >= 4 is 22.8 Å². The minimum Gasteiger partial charge on any atom is -0.598 e. The first-order valence-electron chi connectivity index (χ1n) is 4.13. The molecular weight excluding hydrogens is 237 g/mol. The highest BCUT2D eigenvalue weighted by Crippen LogP contribution is 2.40. The summed E-state index contributed by atoms with van der Waals surface area (Å²) in [6.45, 7) is 18.4. The first-order valence-corrected chi connectivity index (χ1v) is 12.4. The summed E-state index contributed by atoms with van der Waals surface area (Å²) in [5.41, 5.74) is 0. The van der Waals surface area contributed by atoms with Gasteiger partial charge in [0.15, 0.2) is 0 Å². The van der Waals surface area contributed by atoms with E-state index in [1.54, 1.807) is 0 Å². The van der Waals surface area contributed by atoms with Crippen LogP contribution in [0, 0.1) is 0 Å². The summed E-state index contributed by atoms with van der Waals surface area (Å²) in [5, 5.41) is 0. The molecule has 0 spiro atoms. The summed E-state index contributed by atoms with van der Waals surface area (Å²) in [7, 11) is -4.15. The number of hydrogen-bond donors (Lipinski definition) is 0. The van der Waals surface area contributed by atoms with E-state index in [1.807, 2.05) is 0 Å². The normalized spacial score (nSPS) is 10.4. The van der Waals surface area contributed by atoms with Crippen molar-refractivity contribution in [2.75, 3.05) is 53.3 Å². The van der Waals surface area contributed by atoms with Gasteiger partial charge in [-0.2, -0.15) is 0 Å². The molecule has 0 rings (SSSR count). The third kappa shape index (κ3) is 2350. The van der Waals surface area contributed by atoms with E-state index in [9.17, 15) is 0 Å². The molecule has 0 radical (unpaired) electrons. The van der Waals surface area contributed by atoms with Crippen LogP contribution in [-0.2, 0) is 4.57 Å². The van der Waals surface area contributed by atoms with Crippen molar-refractivity contribution in [2.45, 2.75) is 0 Å². The Labute approximate surface area is 90.9 Å². The van der Waals surface area contributed by atoms with E-state index in [2.05, 4.69) is 53.3 Å². The van der Waals surface area contributed by atoms with Crippen molar-refractivity contribution in [2.24, 2.45) is 0 Å². The summed E-state index contributed by atoms with van der Waals surface area (Å²) in [4.78, 5) is 17.0. The smallest absolute Gasteiger partial charge is 0.276 e. The van der Waals surface area contributed by atoms with Gasteiger partial charge in [0, 0.05) is 67.8 Å². The van der Waals surface area contributed by atoms with Crippen LogP contribution in [0.25, 0.3) is 0 Å². The first-order chi connectivity index (χ1) is 5.73. The lowest BCUT2D eigenvalue weighted by molar-refractivity contribution is -0.297. The van der Waals surface area contributed by atoms with Crippen molar-refractivity contribution in [3.8, 4) is 0 Å². The predicted octanol–water partition coefficient (Wildman–Crippen LogP) is 1.41. The Hall–Kier alpha value is 0.880. The molecule has 0 heterocycles. The molecular formula is C8H24O3P3+. The second-order valence-corrected chi connectivity index (χ2v) is 16.8. The molecule has 0 aliphatic carbocycles. The topological polar surface area (TPSA) is 63.2 Å². The lowest BCUT2D eigenvalue weighted by Gasteiger charge is -1.97. The van der Waals surface area contributed by atoms with Crippen LogP contribution in [0.2, 0.25) is 0 Å². The summed E-state index contributed by atoms with van der Waals surface area (Å²) in [6, 6.07) is 0. The van der Waals surface area contributed by atoms with Crippen LogP contribution in [0.15, 0.2) is 0 Å². The highest BCUT2D eigenvalue weighted by atomic mass is 31.2. The van der Waals surface area contributed by atoms with Crippen LogP contribution in [0.5, 0.6) is 0 Å². The van der Waals surface area contributed by atoms with Gasteiger partial charge in [-0.1, -0.05) is 4.57 Å². The molecule has 0 bridgehead atoms. The van der Waals surface area contributed by atoms with E-state index in [0.29, 0.717) is 0 Å². The SMILES string of the molecule is C[P+](C)(C)C.C[P+](C)(C)C.O=[P+]([O-])[O-]. The average molecular weight is 261 g/mol. The van der Waals surface area contributed by atoms with Crippen LogP contribution in [-0.4, -0.2) is 53.3 Å². The second kappa shape index (κ2) is 9.13. The summed E-state index contributed by atoms with van der Waals surface area (Å²) in [6.07, 6.45) is 0. The van der Waals surface area contributed by atoms with Gasteiger partial charge in [0.25, 0.3) is 8.25 Å². The van der Waals surface area contributed by atoms with Crippen LogP contribution in [0.4, 0.5) is 0 Å². The summed E-state index contributed by atoms with van der Waals surface area (Å²) >= 11 is 0. The zero-order valence-corrected chi connectivity index (χ0v) is 13.2. The van der Waals surface area contributed by atoms with Crippen LogP contribution in [0.1, 0.15) is 0 Å². The molecule has 0 aliphatic heterocycles. The van der Waals surface area contributed by atoms with Gasteiger partial charge in [0.05, 0.1) is 0 Å². The van der Waals surface area contributed by atoms with Crippen LogP contribution >= 0.6 is 22.8 Å². The Bertz CT molecular complexity index is 119. The molecule has 3 nitrogen and oxygen atoms in total. The van der Waals surface area contributed by atoms with Gasteiger partial charge < -0.3 is 9.79 Å². The summed E-state index contributed by atoms with van der Waals surface area (Å²) < 4.78 is 8.48. The molecule has 88 valence electrons. The van der Waals surface area contributed by atoms with E-state index < -0.39 is 8.25 Å². The summed E-state index contributed by atoms with van der Waals surface area (Å²) in [5.74, 6) is 0. The maximum Gasteiger partial charge on any atom is 0.276 e. The van der Waals surface area contributed by atoms with Crippen molar-refractivity contribution in [1.29, 1.82) is 0 Å². The Kier molecular flexibility index (Phi) is 13.2. The Morgan fingerprint density at radius 1 is 0.714 bits per heavy atom. The van der Waals surface area contributed by atoms with E-state index in [0.717, 1.165) is 0 Å². The van der Waals surface area contributed by atoms with Crippen LogP contribution < -0.4 is 9.79 Å². The quantitative estimate of drug-likeness (QED) is 0.619. The van der Waals surface area contributed by atoms with E-state index in [1.165, 1.54) is 0 Å². The Balaban J connectivity index is -0.000000131. The minimum atomic E-state index is -3.37. The molecule has 0 atom stereocenters. The monoisotopic (exact) mass is 261 g/mol. The van der Waals surface area contributed by atoms with Crippen molar-refractivity contribution in [3.05, 3.63) is 0 Å². The maximum atomic E-state index is 8.48. The third-order valence-electron chi connectivity index (χ3n) is 0. The standard InChI is InChI=1S/2C4H12P.HO3P/c2*1-5(2,3)4;1-4(2)3/h2*1-4H3;(H,1,2,3)/q2*+1;/p-1.